The van der Waals surface area contributed by atoms with Crippen LogP contribution in [0, 0.1) is 0 Å². The Morgan fingerprint density at radius 3 is 3.00 bits per heavy atom. The SMILES string of the molecule is CCCC(Cl)CNC(=O)c1ccc2c(c1)COC2. The van der Waals surface area contributed by atoms with Crippen LogP contribution < -0.4 is 5.32 Å². The van der Waals surface area contributed by atoms with E-state index in [9.17, 15) is 4.79 Å². The van der Waals surface area contributed by atoms with Crippen molar-refractivity contribution in [3.05, 3.63) is 34.9 Å². The number of ether oxygens (including phenoxy) is 1. The Hall–Kier alpha value is -1.06. The Labute approximate surface area is 112 Å². The molecule has 2 rings (SSSR count). The number of alkyl halides is 1. The highest BCUT2D eigenvalue weighted by Crippen LogP contribution is 2.20. The van der Waals surface area contributed by atoms with Gasteiger partial charge in [-0.25, -0.2) is 0 Å². The highest BCUT2D eigenvalue weighted by Gasteiger charge is 2.14. The van der Waals surface area contributed by atoms with Gasteiger partial charge >= 0.3 is 0 Å². The summed E-state index contributed by atoms with van der Waals surface area (Å²) in [5.41, 5.74) is 2.96. The molecule has 4 heteroatoms. The average molecular weight is 268 g/mol. The van der Waals surface area contributed by atoms with Crippen LogP contribution >= 0.6 is 11.6 Å². The van der Waals surface area contributed by atoms with Crippen molar-refractivity contribution in [3.8, 4) is 0 Å². The number of halogens is 1. The average Bonchev–Trinajstić information content (AvgIpc) is 2.83. The molecule has 1 heterocycles. The standard InChI is InChI=1S/C14H18ClNO2/c1-2-3-13(15)7-16-14(17)10-4-5-11-8-18-9-12(11)6-10/h4-6,13H,2-3,7-9H2,1H3,(H,16,17). The van der Waals surface area contributed by atoms with E-state index in [-0.39, 0.29) is 11.3 Å². The maximum atomic E-state index is 11.9. The predicted octanol–water partition coefficient (Wildman–Crippen LogP) is 2.85. The third-order valence-corrected chi connectivity index (χ3v) is 3.44. The summed E-state index contributed by atoms with van der Waals surface area (Å²) in [5.74, 6) is -0.0635. The van der Waals surface area contributed by atoms with E-state index in [0.717, 1.165) is 18.4 Å². The Balaban J connectivity index is 1.93. The highest BCUT2D eigenvalue weighted by molar-refractivity contribution is 6.20. The van der Waals surface area contributed by atoms with Gasteiger partial charge in [-0.1, -0.05) is 19.4 Å². The van der Waals surface area contributed by atoms with Gasteiger partial charge in [-0.3, -0.25) is 4.79 Å². The summed E-state index contributed by atoms with van der Waals surface area (Å²) >= 11 is 6.07. The third kappa shape index (κ3) is 3.24. The molecule has 18 heavy (non-hydrogen) atoms. The van der Waals surface area contributed by atoms with Gasteiger partial charge in [0.15, 0.2) is 0 Å². The van der Waals surface area contributed by atoms with E-state index < -0.39 is 0 Å². The molecule has 1 unspecified atom stereocenters. The largest absolute Gasteiger partial charge is 0.372 e. The number of amides is 1. The molecule has 1 atom stereocenters. The van der Waals surface area contributed by atoms with Crippen LogP contribution in [0.4, 0.5) is 0 Å². The Morgan fingerprint density at radius 1 is 1.44 bits per heavy atom. The van der Waals surface area contributed by atoms with Crippen molar-refractivity contribution in [1.82, 2.24) is 5.32 Å². The predicted molar refractivity (Wildman–Crippen MR) is 71.8 cm³/mol. The topological polar surface area (TPSA) is 38.3 Å². The first-order valence-electron chi connectivity index (χ1n) is 6.32. The van der Waals surface area contributed by atoms with Crippen LogP contribution in [0.1, 0.15) is 41.3 Å². The van der Waals surface area contributed by atoms with Gasteiger partial charge in [0.25, 0.3) is 5.91 Å². The maximum absolute atomic E-state index is 11.9. The number of benzene rings is 1. The summed E-state index contributed by atoms with van der Waals surface area (Å²) in [4.78, 5) is 11.9. The van der Waals surface area contributed by atoms with Crippen LogP contribution in [-0.2, 0) is 18.0 Å². The van der Waals surface area contributed by atoms with Crippen molar-refractivity contribution in [3.63, 3.8) is 0 Å². The summed E-state index contributed by atoms with van der Waals surface area (Å²) in [6.45, 7) is 3.85. The maximum Gasteiger partial charge on any atom is 0.251 e. The number of fused-ring (bicyclic) bond motifs is 1. The molecule has 3 nitrogen and oxygen atoms in total. The molecule has 0 saturated heterocycles. The minimum Gasteiger partial charge on any atom is -0.372 e. The minimum atomic E-state index is -0.0635. The van der Waals surface area contributed by atoms with Crippen molar-refractivity contribution in [2.24, 2.45) is 0 Å². The van der Waals surface area contributed by atoms with Gasteiger partial charge in [-0.15, -0.1) is 11.6 Å². The molecule has 1 aromatic rings. The fourth-order valence-corrected chi connectivity index (χ4v) is 2.33. The molecule has 0 aromatic heterocycles. The van der Waals surface area contributed by atoms with E-state index in [2.05, 4.69) is 12.2 Å². The molecule has 0 bridgehead atoms. The monoisotopic (exact) mass is 267 g/mol. The number of nitrogens with one attached hydrogen (secondary N) is 1. The summed E-state index contributed by atoms with van der Waals surface area (Å²) in [7, 11) is 0. The van der Waals surface area contributed by atoms with Crippen molar-refractivity contribution < 1.29 is 9.53 Å². The second kappa shape index (κ2) is 6.21. The van der Waals surface area contributed by atoms with E-state index in [4.69, 9.17) is 16.3 Å². The van der Waals surface area contributed by atoms with Crippen molar-refractivity contribution >= 4 is 17.5 Å². The number of rotatable bonds is 5. The van der Waals surface area contributed by atoms with E-state index in [1.54, 1.807) is 0 Å². The van der Waals surface area contributed by atoms with Gasteiger partial charge in [-0.2, -0.15) is 0 Å². The van der Waals surface area contributed by atoms with Crippen molar-refractivity contribution in [2.75, 3.05) is 6.54 Å². The number of hydrogen-bond donors (Lipinski definition) is 1. The van der Waals surface area contributed by atoms with E-state index in [1.165, 1.54) is 5.56 Å². The quantitative estimate of drug-likeness (QED) is 0.833. The fourth-order valence-electron chi connectivity index (χ4n) is 2.03. The Kier molecular flexibility index (Phi) is 4.61. The van der Waals surface area contributed by atoms with Crippen LogP contribution in [0.5, 0.6) is 0 Å². The lowest BCUT2D eigenvalue weighted by molar-refractivity contribution is 0.0953. The number of carbonyl (C=O) groups is 1. The molecule has 0 radical (unpaired) electrons. The molecule has 0 fully saturated rings. The second-order valence-electron chi connectivity index (χ2n) is 4.57. The molecule has 1 aliphatic rings. The first-order chi connectivity index (χ1) is 8.70. The lowest BCUT2D eigenvalue weighted by Gasteiger charge is -2.10. The molecule has 1 aromatic carbocycles. The number of hydrogen-bond acceptors (Lipinski definition) is 2. The Morgan fingerprint density at radius 2 is 2.22 bits per heavy atom. The molecular weight excluding hydrogens is 250 g/mol. The summed E-state index contributed by atoms with van der Waals surface area (Å²) < 4.78 is 5.33. The van der Waals surface area contributed by atoms with E-state index >= 15 is 0 Å². The van der Waals surface area contributed by atoms with Gasteiger partial charge in [0.05, 0.1) is 18.6 Å². The highest BCUT2D eigenvalue weighted by atomic mass is 35.5. The molecule has 0 aliphatic carbocycles. The van der Waals surface area contributed by atoms with E-state index in [0.29, 0.717) is 25.3 Å². The zero-order valence-corrected chi connectivity index (χ0v) is 11.3. The molecule has 0 spiro atoms. The third-order valence-electron chi connectivity index (χ3n) is 3.07. The van der Waals surface area contributed by atoms with Crippen molar-refractivity contribution in [2.45, 2.75) is 38.4 Å². The first-order valence-corrected chi connectivity index (χ1v) is 6.76. The van der Waals surface area contributed by atoms with E-state index in [1.807, 2.05) is 18.2 Å². The molecule has 98 valence electrons. The molecule has 0 saturated carbocycles. The second-order valence-corrected chi connectivity index (χ2v) is 5.19. The molecule has 1 aliphatic heterocycles. The molecule has 1 N–H and O–H groups in total. The van der Waals surface area contributed by atoms with Crippen LogP contribution in [0.15, 0.2) is 18.2 Å². The zero-order valence-electron chi connectivity index (χ0n) is 10.5. The molecule has 1 amide bonds. The number of carbonyl (C=O) groups excluding carboxylic acids is 1. The van der Waals surface area contributed by atoms with Crippen LogP contribution in [0.25, 0.3) is 0 Å². The zero-order chi connectivity index (χ0) is 13.0. The van der Waals surface area contributed by atoms with Crippen molar-refractivity contribution in [1.29, 1.82) is 0 Å². The van der Waals surface area contributed by atoms with Crippen LogP contribution in [0.2, 0.25) is 0 Å². The van der Waals surface area contributed by atoms with Gasteiger partial charge < -0.3 is 10.1 Å². The van der Waals surface area contributed by atoms with Crippen LogP contribution in [0.3, 0.4) is 0 Å². The first kappa shape index (κ1) is 13.4. The fraction of sp³-hybridized carbons (Fsp3) is 0.500. The van der Waals surface area contributed by atoms with Gasteiger partial charge in [0.2, 0.25) is 0 Å². The van der Waals surface area contributed by atoms with Crippen LogP contribution in [-0.4, -0.2) is 17.8 Å². The lowest BCUT2D eigenvalue weighted by Crippen LogP contribution is -2.29. The van der Waals surface area contributed by atoms with Gasteiger partial charge in [-0.05, 0) is 29.7 Å². The van der Waals surface area contributed by atoms with Gasteiger partial charge in [0.1, 0.15) is 0 Å². The summed E-state index contributed by atoms with van der Waals surface area (Å²) in [5, 5.41) is 2.87. The Bertz CT molecular complexity index is 434. The summed E-state index contributed by atoms with van der Waals surface area (Å²) in [6, 6.07) is 5.70. The van der Waals surface area contributed by atoms with Gasteiger partial charge in [0, 0.05) is 12.1 Å². The summed E-state index contributed by atoms with van der Waals surface area (Å²) in [6.07, 6.45) is 1.94. The smallest absolute Gasteiger partial charge is 0.251 e. The normalized spacial score (nSPS) is 15.2. The molecular formula is C14H18ClNO2. The lowest BCUT2D eigenvalue weighted by atomic mass is 10.1. The minimum absolute atomic E-state index is 0.0108.